The first-order valence-corrected chi connectivity index (χ1v) is 8.11. The third-order valence-corrected chi connectivity index (χ3v) is 4.58. The van der Waals surface area contributed by atoms with Crippen molar-refractivity contribution >= 4 is 33.4 Å². The number of fused-ring (bicyclic) bond motifs is 1. The quantitative estimate of drug-likeness (QED) is 0.657. The third-order valence-electron chi connectivity index (χ3n) is 3.54. The lowest BCUT2D eigenvalue weighted by Crippen LogP contribution is -2.23. The fourth-order valence-electron chi connectivity index (χ4n) is 2.36. The molecule has 9 heteroatoms. The summed E-state index contributed by atoms with van der Waals surface area (Å²) in [5.41, 5.74) is -0.779. The first-order valence-electron chi connectivity index (χ1n) is 7.30. The number of hydrogen-bond acceptors (Lipinski definition) is 4. The Balaban J connectivity index is 2.22. The van der Waals surface area contributed by atoms with Gasteiger partial charge in [0.1, 0.15) is 29.6 Å². The summed E-state index contributed by atoms with van der Waals surface area (Å²) < 4.78 is 47.9. The Hall–Kier alpha value is -2.94. The molecule has 0 spiro atoms. The molecule has 0 radical (unpaired) electrons. The van der Waals surface area contributed by atoms with E-state index in [0.29, 0.717) is 4.70 Å². The number of benzene rings is 2. The Morgan fingerprint density at radius 3 is 2.35 bits per heavy atom. The molecule has 0 fully saturated rings. The van der Waals surface area contributed by atoms with Gasteiger partial charge in [-0.1, -0.05) is 23.5 Å². The number of carbonyl (C=O) groups is 2. The lowest BCUT2D eigenvalue weighted by atomic mass is 10.2. The van der Waals surface area contributed by atoms with Crippen molar-refractivity contribution in [1.29, 1.82) is 0 Å². The number of halogens is 3. The Labute approximate surface area is 149 Å². The molecule has 0 saturated carbocycles. The lowest BCUT2D eigenvalue weighted by molar-refractivity contribution is -0.141. The van der Waals surface area contributed by atoms with Crippen LogP contribution in [0.3, 0.4) is 0 Å². The zero-order valence-corrected chi connectivity index (χ0v) is 14.1. The fraction of sp³-hybridized carbons (Fsp3) is 0.118. The molecule has 3 aromatic rings. The molecule has 0 unspecified atom stereocenters. The van der Waals surface area contributed by atoms with Gasteiger partial charge in [0.05, 0.1) is 17.3 Å². The second-order valence-corrected chi connectivity index (χ2v) is 6.16. The highest BCUT2D eigenvalue weighted by atomic mass is 32.1. The zero-order valence-electron chi connectivity index (χ0n) is 13.3. The normalized spacial score (nSPS) is 11.8. The van der Waals surface area contributed by atoms with Crippen LogP contribution in [0.1, 0.15) is 10.4 Å². The fourth-order valence-corrected chi connectivity index (χ4v) is 3.40. The molecule has 2 aromatic carbocycles. The van der Waals surface area contributed by atoms with Crippen LogP contribution in [0, 0.1) is 17.5 Å². The van der Waals surface area contributed by atoms with Crippen LogP contribution in [0.5, 0.6) is 0 Å². The average molecular weight is 380 g/mol. The van der Waals surface area contributed by atoms with E-state index >= 15 is 0 Å². The molecule has 0 atom stereocenters. The Bertz CT molecular complexity index is 1070. The van der Waals surface area contributed by atoms with Crippen molar-refractivity contribution in [3.05, 3.63) is 64.2 Å². The molecule has 1 heterocycles. The minimum atomic E-state index is -1.17. The summed E-state index contributed by atoms with van der Waals surface area (Å²) in [6, 6.07) is 7.19. The van der Waals surface area contributed by atoms with E-state index in [9.17, 15) is 22.8 Å². The molecule has 3 rings (SSSR count). The molecule has 1 aromatic heterocycles. The molecule has 5 nitrogen and oxygen atoms in total. The van der Waals surface area contributed by atoms with Crippen molar-refractivity contribution in [3.8, 4) is 0 Å². The number of methoxy groups -OCH3 is 1. The Morgan fingerprint density at radius 2 is 1.69 bits per heavy atom. The van der Waals surface area contributed by atoms with Crippen LogP contribution in [0.25, 0.3) is 10.2 Å². The number of rotatable bonds is 3. The minimum absolute atomic E-state index is 0.0449. The number of thiazole rings is 1. The van der Waals surface area contributed by atoms with Gasteiger partial charge in [-0.3, -0.25) is 9.59 Å². The molecule has 0 aliphatic rings. The van der Waals surface area contributed by atoms with Gasteiger partial charge in [0.15, 0.2) is 4.80 Å². The standard InChI is InChI=1S/C17H11F3N2O3S/c1-25-13(23)8-22-15-11(20)6-3-7-12(15)26-17(22)21-16(24)14-9(18)4-2-5-10(14)19/h2-7H,8H2,1H3. The molecule has 26 heavy (non-hydrogen) atoms. The number of para-hydroxylation sites is 1. The van der Waals surface area contributed by atoms with Gasteiger partial charge in [-0.15, -0.1) is 0 Å². The molecule has 134 valence electrons. The molecule has 0 bridgehead atoms. The zero-order chi connectivity index (χ0) is 18.8. The summed E-state index contributed by atoms with van der Waals surface area (Å²) in [7, 11) is 1.16. The van der Waals surface area contributed by atoms with Gasteiger partial charge in [0, 0.05) is 0 Å². The van der Waals surface area contributed by atoms with Gasteiger partial charge in [0.2, 0.25) is 0 Å². The number of aromatic nitrogens is 1. The van der Waals surface area contributed by atoms with Gasteiger partial charge < -0.3 is 9.30 Å². The highest BCUT2D eigenvalue weighted by molar-refractivity contribution is 7.16. The number of ether oxygens (including phenoxy) is 1. The summed E-state index contributed by atoms with van der Waals surface area (Å²) in [4.78, 5) is 27.5. The van der Waals surface area contributed by atoms with Crippen molar-refractivity contribution in [2.75, 3.05) is 7.11 Å². The summed E-state index contributed by atoms with van der Waals surface area (Å²) in [6.45, 7) is -0.413. The number of amides is 1. The third kappa shape index (κ3) is 3.25. The Kier molecular flexibility index (Phi) is 4.90. The van der Waals surface area contributed by atoms with Crippen molar-refractivity contribution in [2.24, 2.45) is 4.99 Å². The molecule has 1 amide bonds. The second-order valence-electron chi connectivity index (χ2n) is 5.15. The highest BCUT2D eigenvalue weighted by Gasteiger charge is 2.19. The van der Waals surface area contributed by atoms with Crippen LogP contribution >= 0.6 is 11.3 Å². The Morgan fingerprint density at radius 1 is 1.08 bits per heavy atom. The van der Waals surface area contributed by atoms with Crippen LogP contribution in [-0.4, -0.2) is 23.6 Å². The smallest absolute Gasteiger partial charge is 0.325 e. The number of nitrogens with zero attached hydrogens (tertiary/aromatic N) is 2. The largest absolute Gasteiger partial charge is 0.468 e. The van der Waals surface area contributed by atoms with E-state index in [0.717, 1.165) is 41.2 Å². The maximum Gasteiger partial charge on any atom is 0.325 e. The predicted molar refractivity (Wildman–Crippen MR) is 88.0 cm³/mol. The number of hydrogen-bond donors (Lipinski definition) is 0. The SMILES string of the molecule is COC(=O)Cn1c(=NC(=O)c2c(F)cccc2F)sc2cccc(F)c21. The maximum atomic E-state index is 14.2. The topological polar surface area (TPSA) is 60.7 Å². The van der Waals surface area contributed by atoms with E-state index < -0.39 is 41.4 Å². The van der Waals surface area contributed by atoms with Gasteiger partial charge in [0.25, 0.3) is 5.91 Å². The van der Waals surface area contributed by atoms with Gasteiger partial charge in [-0.05, 0) is 24.3 Å². The summed E-state index contributed by atoms with van der Waals surface area (Å²) in [5, 5.41) is 0. The summed E-state index contributed by atoms with van der Waals surface area (Å²) in [5.74, 6) is -4.63. The monoisotopic (exact) mass is 380 g/mol. The van der Waals surface area contributed by atoms with E-state index in [1.807, 2.05) is 0 Å². The van der Waals surface area contributed by atoms with E-state index in [1.165, 1.54) is 12.1 Å². The lowest BCUT2D eigenvalue weighted by Gasteiger charge is -2.04. The molecule has 0 saturated heterocycles. The van der Waals surface area contributed by atoms with E-state index in [-0.39, 0.29) is 10.3 Å². The van der Waals surface area contributed by atoms with Crippen LogP contribution in [0.4, 0.5) is 13.2 Å². The maximum absolute atomic E-state index is 14.2. The van der Waals surface area contributed by atoms with Crippen LogP contribution < -0.4 is 4.80 Å². The predicted octanol–water partition coefficient (Wildman–Crippen LogP) is 3.03. The van der Waals surface area contributed by atoms with Gasteiger partial charge >= 0.3 is 5.97 Å². The molecule has 0 aliphatic carbocycles. The van der Waals surface area contributed by atoms with Crippen molar-refractivity contribution < 1.29 is 27.5 Å². The number of carbonyl (C=O) groups excluding carboxylic acids is 2. The van der Waals surface area contributed by atoms with E-state index in [2.05, 4.69) is 9.73 Å². The van der Waals surface area contributed by atoms with Crippen LogP contribution in [0.15, 0.2) is 41.4 Å². The number of esters is 1. The molecule has 0 N–H and O–H groups in total. The molecular formula is C17H11F3N2O3S. The van der Waals surface area contributed by atoms with Crippen molar-refractivity contribution in [3.63, 3.8) is 0 Å². The minimum Gasteiger partial charge on any atom is -0.468 e. The molecular weight excluding hydrogens is 369 g/mol. The van der Waals surface area contributed by atoms with Gasteiger partial charge in [-0.25, -0.2) is 13.2 Å². The van der Waals surface area contributed by atoms with E-state index in [1.54, 1.807) is 6.07 Å². The van der Waals surface area contributed by atoms with Crippen LogP contribution in [-0.2, 0) is 16.1 Å². The van der Waals surface area contributed by atoms with E-state index in [4.69, 9.17) is 0 Å². The van der Waals surface area contributed by atoms with Crippen molar-refractivity contribution in [1.82, 2.24) is 4.57 Å². The average Bonchev–Trinajstić information content (AvgIpc) is 2.93. The first kappa shape index (κ1) is 17.9. The summed E-state index contributed by atoms with van der Waals surface area (Å²) >= 11 is 0.908. The first-order chi connectivity index (χ1) is 12.4. The highest BCUT2D eigenvalue weighted by Crippen LogP contribution is 2.21. The van der Waals surface area contributed by atoms with Gasteiger partial charge in [-0.2, -0.15) is 4.99 Å². The second kappa shape index (κ2) is 7.12. The molecule has 0 aliphatic heterocycles. The summed E-state index contributed by atoms with van der Waals surface area (Å²) in [6.07, 6.45) is 0. The van der Waals surface area contributed by atoms with Crippen molar-refractivity contribution in [2.45, 2.75) is 6.54 Å². The van der Waals surface area contributed by atoms with Crippen LogP contribution in [0.2, 0.25) is 0 Å².